The zero-order valence-corrected chi connectivity index (χ0v) is 14.5. The lowest BCUT2D eigenvalue weighted by molar-refractivity contribution is 0.313. The number of thiophene rings is 1. The fourth-order valence-corrected chi connectivity index (χ4v) is 5.82. The minimum atomic E-state index is -3.48. The highest BCUT2D eigenvalue weighted by Crippen LogP contribution is 2.34. The quantitative estimate of drug-likeness (QED) is 0.845. The highest BCUT2D eigenvalue weighted by atomic mass is 79.9. The summed E-state index contributed by atoms with van der Waals surface area (Å²) >= 11 is 10.2. The number of hydrogen-bond acceptors (Lipinski definition) is 4. The largest absolute Gasteiger partial charge is 0.302 e. The second-order valence-corrected chi connectivity index (χ2v) is 9.44. The van der Waals surface area contributed by atoms with Gasteiger partial charge in [-0.15, -0.1) is 11.3 Å². The molecule has 0 radical (unpaired) electrons. The Kier molecular flexibility index (Phi) is 5.30. The van der Waals surface area contributed by atoms with Crippen molar-refractivity contribution in [2.75, 3.05) is 19.6 Å². The van der Waals surface area contributed by atoms with E-state index in [1.54, 1.807) is 0 Å². The molecule has 108 valence electrons. The lowest BCUT2D eigenvalue weighted by Crippen LogP contribution is -2.40. The van der Waals surface area contributed by atoms with Gasteiger partial charge in [-0.05, 0) is 54.9 Å². The molecule has 0 saturated carbocycles. The molecule has 1 saturated heterocycles. The van der Waals surface area contributed by atoms with Crippen LogP contribution in [0.3, 0.4) is 0 Å². The van der Waals surface area contributed by atoms with Crippen LogP contribution in [0.2, 0.25) is 5.02 Å². The molecular formula is C11H16BrClN2O2S2. The molecule has 0 bridgehead atoms. The first-order chi connectivity index (χ1) is 8.88. The number of hydrogen-bond donors (Lipinski definition) is 1. The number of halogens is 2. The molecule has 1 fully saturated rings. The average molecular weight is 388 g/mol. The SMILES string of the molecule is CC(CN1CCCC1)NS(=O)(=O)c1cc(Cl)c(Br)s1. The molecule has 0 spiro atoms. The Balaban J connectivity index is 2.00. The van der Waals surface area contributed by atoms with Crippen molar-refractivity contribution < 1.29 is 8.42 Å². The molecule has 2 rings (SSSR count). The van der Waals surface area contributed by atoms with E-state index in [-0.39, 0.29) is 10.3 Å². The van der Waals surface area contributed by atoms with Crippen LogP contribution in [0.25, 0.3) is 0 Å². The van der Waals surface area contributed by atoms with Gasteiger partial charge in [0, 0.05) is 12.6 Å². The zero-order valence-electron chi connectivity index (χ0n) is 10.5. The van der Waals surface area contributed by atoms with Crippen LogP contribution in [0.5, 0.6) is 0 Å². The van der Waals surface area contributed by atoms with E-state index in [1.165, 1.54) is 18.9 Å². The molecule has 1 aliphatic rings. The molecule has 1 unspecified atom stereocenters. The summed E-state index contributed by atoms with van der Waals surface area (Å²) in [6, 6.07) is 1.36. The highest BCUT2D eigenvalue weighted by molar-refractivity contribution is 9.11. The molecule has 1 aliphatic heterocycles. The third kappa shape index (κ3) is 4.15. The Morgan fingerprint density at radius 1 is 1.53 bits per heavy atom. The molecule has 19 heavy (non-hydrogen) atoms. The van der Waals surface area contributed by atoms with Crippen LogP contribution in [0.15, 0.2) is 14.1 Å². The van der Waals surface area contributed by atoms with E-state index in [2.05, 4.69) is 25.6 Å². The minimum Gasteiger partial charge on any atom is -0.302 e. The number of likely N-dealkylation sites (tertiary alicyclic amines) is 1. The number of rotatable bonds is 5. The van der Waals surface area contributed by atoms with Gasteiger partial charge >= 0.3 is 0 Å². The fraction of sp³-hybridized carbons (Fsp3) is 0.636. The second kappa shape index (κ2) is 6.41. The first-order valence-corrected chi connectivity index (χ1v) is 9.55. The third-order valence-corrected chi connectivity index (χ3v) is 7.51. The van der Waals surface area contributed by atoms with Crippen LogP contribution < -0.4 is 4.72 Å². The van der Waals surface area contributed by atoms with E-state index in [4.69, 9.17) is 11.6 Å². The maximum absolute atomic E-state index is 12.2. The van der Waals surface area contributed by atoms with E-state index in [1.807, 2.05) is 6.92 Å². The first kappa shape index (κ1) is 15.7. The monoisotopic (exact) mass is 386 g/mol. The third-order valence-electron chi connectivity index (χ3n) is 2.97. The number of sulfonamides is 1. The Bertz CT molecular complexity index is 521. The summed E-state index contributed by atoms with van der Waals surface area (Å²) in [7, 11) is -3.48. The second-order valence-electron chi connectivity index (χ2n) is 4.72. The van der Waals surface area contributed by atoms with Gasteiger partial charge < -0.3 is 4.90 Å². The Morgan fingerprint density at radius 2 is 2.16 bits per heavy atom. The van der Waals surface area contributed by atoms with Crippen LogP contribution in [0, 0.1) is 0 Å². The van der Waals surface area contributed by atoms with E-state index in [0.717, 1.165) is 31.0 Å². The normalized spacial score (nSPS) is 18.9. The van der Waals surface area contributed by atoms with Gasteiger partial charge in [-0.1, -0.05) is 11.6 Å². The minimum absolute atomic E-state index is 0.109. The molecule has 1 aromatic rings. The van der Waals surface area contributed by atoms with Crippen molar-refractivity contribution in [2.24, 2.45) is 0 Å². The Hall–Kier alpha value is 0.340. The smallest absolute Gasteiger partial charge is 0.250 e. The standard InChI is InChI=1S/C11H16BrClN2O2S2/c1-8(7-15-4-2-3-5-15)14-19(16,17)10-6-9(13)11(12)18-10/h6,8,14H,2-5,7H2,1H3. The summed E-state index contributed by atoms with van der Waals surface area (Å²) in [5, 5.41) is 0.428. The maximum Gasteiger partial charge on any atom is 0.250 e. The van der Waals surface area contributed by atoms with E-state index < -0.39 is 10.0 Å². The van der Waals surface area contributed by atoms with Gasteiger partial charge in [0.25, 0.3) is 0 Å². The van der Waals surface area contributed by atoms with Gasteiger partial charge in [-0.2, -0.15) is 0 Å². The van der Waals surface area contributed by atoms with E-state index in [9.17, 15) is 8.42 Å². The van der Waals surface area contributed by atoms with Gasteiger partial charge in [0.2, 0.25) is 10.0 Å². The van der Waals surface area contributed by atoms with Crippen molar-refractivity contribution in [3.8, 4) is 0 Å². The van der Waals surface area contributed by atoms with Crippen molar-refractivity contribution in [1.82, 2.24) is 9.62 Å². The lowest BCUT2D eigenvalue weighted by Gasteiger charge is -2.20. The zero-order chi connectivity index (χ0) is 14.0. The van der Waals surface area contributed by atoms with Gasteiger partial charge in [0.05, 0.1) is 8.81 Å². The Morgan fingerprint density at radius 3 is 2.68 bits per heavy atom. The van der Waals surface area contributed by atoms with Crippen molar-refractivity contribution in [2.45, 2.75) is 30.0 Å². The predicted molar refractivity (Wildman–Crippen MR) is 82.5 cm³/mol. The number of nitrogens with zero attached hydrogens (tertiary/aromatic N) is 1. The summed E-state index contributed by atoms with van der Waals surface area (Å²) in [6.07, 6.45) is 2.40. The molecule has 1 aromatic heterocycles. The molecule has 0 aliphatic carbocycles. The lowest BCUT2D eigenvalue weighted by atomic mass is 10.3. The van der Waals surface area contributed by atoms with Gasteiger partial charge in [-0.25, -0.2) is 13.1 Å². The highest BCUT2D eigenvalue weighted by Gasteiger charge is 2.23. The fourth-order valence-electron chi connectivity index (χ4n) is 2.17. The van der Waals surface area contributed by atoms with Crippen molar-refractivity contribution in [3.05, 3.63) is 14.9 Å². The van der Waals surface area contributed by atoms with Crippen molar-refractivity contribution in [3.63, 3.8) is 0 Å². The van der Waals surface area contributed by atoms with Crippen LogP contribution in [0.1, 0.15) is 19.8 Å². The maximum atomic E-state index is 12.2. The van der Waals surface area contributed by atoms with Crippen LogP contribution >= 0.6 is 38.9 Å². The molecular weight excluding hydrogens is 372 g/mol. The van der Waals surface area contributed by atoms with Crippen LogP contribution in [0.4, 0.5) is 0 Å². The molecule has 8 heteroatoms. The summed E-state index contributed by atoms with van der Waals surface area (Å²) in [5.74, 6) is 0. The van der Waals surface area contributed by atoms with Gasteiger partial charge in [0.15, 0.2) is 0 Å². The van der Waals surface area contributed by atoms with Crippen LogP contribution in [-0.4, -0.2) is 39.0 Å². The topological polar surface area (TPSA) is 49.4 Å². The van der Waals surface area contributed by atoms with E-state index >= 15 is 0 Å². The van der Waals surface area contributed by atoms with Crippen molar-refractivity contribution in [1.29, 1.82) is 0 Å². The van der Waals surface area contributed by atoms with E-state index in [0.29, 0.717) is 8.81 Å². The van der Waals surface area contributed by atoms with Gasteiger partial charge in [0.1, 0.15) is 4.21 Å². The molecule has 0 amide bonds. The predicted octanol–water partition coefficient (Wildman–Crippen LogP) is 2.93. The van der Waals surface area contributed by atoms with Gasteiger partial charge in [-0.3, -0.25) is 0 Å². The number of nitrogens with one attached hydrogen (secondary N) is 1. The molecule has 1 N–H and O–H groups in total. The molecule has 0 aromatic carbocycles. The summed E-state index contributed by atoms with van der Waals surface area (Å²) in [5.41, 5.74) is 0. The Labute approximate surface area is 131 Å². The van der Waals surface area contributed by atoms with Crippen molar-refractivity contribution >= 4 is 48.9 Å². The molecule has 4 nitrogen and oxygen atoms in total. The molecule has 2 heterocycles. The molecule has 1 atom stereocenters. The average Bonchev–Trinajstić information content (AvgIpc) is 2.89. The summed E-state index contributed by atoms with van der Waals surface area (Å²) < 4.78 is 28.0. The summed E-state index contributed by atoms with van der Waals surface area (Å²) in [6.45, 7) is 4.75. The van der Waals surface area contributed by atoms with Crippen LogP contribution in [-0.2, 0) is 10.0 Å². The first-order valence-electron chi connectivity index (χ1n) is 6.08. The summed E-state index contributed by atoms with van der Waals surface area (Å²) in [4.78, 5) is 2.28.